The molecule has 0 N–H and O–H groups in total. The lowest BCUT2D eigenvalue weighted by atomic mass is 10.2. The summed E-state index contributed by atoms with van der Waals surface area (Å²) in [7, 11) is 0. The van der Waals surface area contributed by atoms with Crippen molar-refractivity contribution in [2.24, 2.45) is 0 Å². The first-order valence-corrected chi connectivity index (χ1v) is 7.09. The Bertz CT molecular complexity index is 685. The Morgan fingerprint density at radius 1 is 1.29 bits per heavy atom. The van der Waals surface area contributed by atoms with Gasteiger partial charge in [0.15, 0.2) is 11.5 Å². The van der Waals surface area contributed by atoms with Gasteiger partial charge < -0.3 is 9.47 Å². The van der Waals surface area contributed by atoms with E-state index in [4.69, 9.17) is 9.47 Å². The molecule has 21 heavy (non-hydrogen) atoms. The first-order chi connectivity index (χ1) is 10.1. The van der Waals surface area contributed by atoms with Gasteiger partial charge in [-0.25, -0.2) is 9.67 Å². The Morgan fingerprint density at radius 3 is 2.90 bits per heavy atom. The minimum Gasteiger partial charge on any atom is -0.454 e. The van der Waals surface area contributed by atoms with E-state index >= 15 is 0 Å². The molecule has 1 aliphatic heterocycles. The smallest absolute Gasteiger partial charge is 0.231 e. The molecule has 2 heterocycles. The van der Waals surface area contributed by atoms with Gasteiger partial charge in [-0.3, -0.25) is 0 Å². The van der Waals surface area contributed by atoms with Crippen LogP contribution in [-0.4, -0.2) is 21.6 Å². The number of hydrogen-bond donors (Lipinski definition) is 0. The molecule has 0 amide bonds. The van der Waals surface area contributed by atoms with Crippen LogP contribution in [0.2, 0.25) is 0 Å². The fraction of sp³-hybridized carbons (Fsp3) is 0.375. The van der Waals surface area contributed by atoms with E-state index in [1.165, 1.54) is 5.57 Å². The average Bonchev–Trinajstić information content (AvgIpc) is 3.03. The highest BCUT2D eigenvalue weighted by atomic mass is 16.7. The van der Waals surface area contributed by atoms with Gasteiger partial charge >= 0.3 is 0 Å². The predicted molar refractivity (Wildman–Crippen MR) is 80.0 cm³/mol. The van der Waals surface area contributed by atoms with E-state index in [1.54, 1.807) is 0 Å². The zero-order chi connectivity index (χ0) is 14.8. The molecule has 1 aliphatic rings. The molecule has 0 unspecified atom stereocenters. The van der Waals surface area contributed by atoms with Crippen LogP contribution in [0.4, 0.5) is 0 Å². The van der Waals surface area contributed by atoms with Crippen molar-refractivity contribution in [3.8, 4) is 17.2 Å². The third-order valence-electron chi connectivity index (χ3n) is 3.30. The second kappa shape index (κ2) is 5.60. The van der Waals surface area contributed by atoms with E-state index in [1.807, 2.05) is 29.8 Å². The van der Waals surface area contributed by atoms with Crippen LogP contribution in [0.25, 0.3) is 5.69 Å². The number of nitrogens with zero attached hydrogens (tertiary/aromatic N) is 3. The number of rotatable bonds is 4. The number of allylic oxidation sites excluding steroid dienone is 2. The summed E-state index contributed by atoms with van der Waals surface area (Å²) in [5.74, 6) is 3.28. The lowest BCUT2D eigenvalue weighted by Crippen LogP contribution is -2.03. The number of fused-ring (bicyclic) bond motifs is 1. The normalized spacial score (nSPS) is 12.5. The highest BCUT2D eigenvalue weighted by molar-refractivity contribution is 5.50. The van der Waals surface area contributed by atoms with Crippen molar-refractivity contribution in [3.05, 3.63) is 41.5 Å². The largest absolute Gasteiger partial charge is 0.454 e. The molecule has 1 aromatic heterocycles. The Balaban J connectivity index is 1.89. The summed E-state index contributed by atoms with van der Waals surface area (Å²) in [6.45, 7) is 6.40. The topological polar surface area (TPSA) is 49.2 Å². The summed E-state index contributed by atoms with van der Waals surface area (Å²) in [5, 5.41) is 4.49. The quantitative estimate of drug-likeness (QED) is 0.809. The van der Waals surface area contributed by atoms with Crippen LogP contribution in [0.5, 0.6) is 11.5 Å². The molecule has 0 atom stereocenters. The van der Waals surface area contributed by atoms with Crippen LogP contribution in [0, 0.1) is 6.92 Å². The molecule has 0 fully saturated rings. The maximum atomic E-state index is 5.43. The Kier molecular flexibility index (Phi) is 3.64. The third kappa shape index (κ3) is 2.91. The Morgan fingerprint density at radius 2 is 2.10 bits per heavy atom. The van der Waals surface area contributed by atoms with E-state index in [0.29, 0.717) is 0 Å². The summed E-state index contributed by atoms with van der Waals surface area (Å²) >= 11 is 0. The van der Waals surface area contributed by atoms with Crippen molar-refractivity contribution in [1.29, 1.82) is 0 Å². The zero-order valence-corrected chi connectivity index (χ0v) is 12.6. The van der Waals surface area contributed by atoms with Crippen LogP contribution in [0.3, 0.4) is 0 Å². The molecule has 0 saturated heterocycles. The van der Waals surface area contributed by atoms with Gasteiger partial charge in [0.2, 0.25) is 6.79 Å². The molecular weight excluding hydrogens is 266 g/mol. The van der Waals surface area contributed by atoms with Crippen LogP contribution in [0.15, 0.2) is 29.8 Å². The van der Waals surface area contributed by atoms with Crippen molar-refractivity contribution in [2.45, 2.75) is 33.6 Å². The first-order valence-electron chi connectivity index (χ1n) is 7.09. The van der Waals surface area contributed by atoms with Crippen LogP contribution in [-0.2, 0) is 6.42 Å². The van der Waals surface area contributed by atoms with E-state index in [2.05, 4.69) is 30.0 Å². The maximum absolute atomic E-state index is 5.43. The fourth-order valence-corrected chi connectivity index (χ4v) is 2.33. The van der Waals surface area contributed by atoms with Gasteiger partial charge in [-0.1, -0.05) is 11.6 Å². The monoisotopic (exact) mass is 285 g/mol. The average molecular weight is 285 g/mol. The Hall–Kier alpha value is -2.30. The van der Waals surface area contributed by atoms with Crippen molar-refractivity contribution < 1.29 is 9.47 Å². The number of aromatic nitrogens is 3. The summed E-state index contributed by atoms with van der Waals surface area (Å²) in [4.78, 5) is 4.53. The van der Waals surface area contributed by atoms with E-state index in [0.717, 1.165) is 41.7 Å². The van der Waals surface area contributed by atoms with Crippen molar-refractivity contribution in [1.82, 2.24) is 14.8 Å². The summed E-state index contributed by atoms with van der Waals surface area (Å²) in [6, 6.07) is 5.83. The molecular formula is C16H19N3O2. The number of benzene rings is 1. The molecule has 0 aliphatic carbocycles. The highest BCUT2D eigenvalue weighted by Gasteiger charge is 2.16. The molecule has 2 aromatic rings. The Labute approximate surface area is 124 Å². The molecule has 0 saturated carbocycles. The minimum absolute atomic E-state index is 0.280. The van der Waals surface area contributed by atoms with Crippen molar-refractivity contribution in [2.75, 3.05) is 6.79 Å². The summed E-state index contributed by atoms with van der Waals surface area (Å²) in [6.07, 6.45) is 4.04. The first kappa shape index (κ1) is 13.7. The van der Waals surface area contributed by atoms with Gasteiger partial charge in [-0.2, -0.15) is 5.10 Å². The molecule has 0 spiro atoms. The summed E-state index contributed by atoms with van der Waals surface area (Å²) in [5.41, 5.74) is 2.27. The zero-order valence-electron chi connectivity index (χ0n) is 12.6. The van der Waals surface area contributed by atoms with Gasteiger partial charge in [0.25, 0.3) is 0 Å². The number of ether oxygens (including phenoxy) is 2. The van der Waals surface area contributed by atoms with Gasteiger partial charge in [0, 0.05) is 12.5 Å². The maximum Gasteiger partial charge on any atom is 0.231 e. The minimum atomic E-state index is 0.280. The van der Waals surface area contributed by atoms with Crippen LogP contribution in [0.1, 0.15) is 31.9 Å². The molecule has 5 nitrogen and oxygen atoms in total. The molecule has 3 rings (SSSR count). The summed E-state index contributed by atoms with van der Waals surface area (Å²) < 4.78 is 12.7. The van der Waals surface area contributed by atoms with Gasteiger partial charge in [-0.15, -0.1) is 0 Å². The molecule has 1 aromatic carbocycles. The van der Waals surface area contributed by atoms with Crippen LogP contribution < -0.4 is 9.47 Å². The molecule has 0 bridgehead atoms. The molecule has 5 heteroatoms. The highest BCUT2D eigenvalue weighted by Crippen LogP contribution is 2.33. The van der Waals surface area contributed by atoms with E-state index in [9.17, 15) is 0 Å². The third-order valence-corrected chi connectivity index (χ3v) is 3.30. The molecule has 0 radical (unpaired) electrons. The predicted octanol–water partition coefficient (Wildman–Crippen LogP) is 3.20. The second-order valence-electron chi connectivity index (χ2n) is 5.34. The fourth-order valence-electron chi connectivity index (χ4n) is 2.33. The number of hydrogen-bond acceptors (Lipinski definition) is 4. The van der Waals surface area contributed by atoms with Gasteiger partial charge in [0.1, 0.15) is 11.6 Å². The SMILES string of the molecule is CC(C)=CCCc1nc(C)nn1-c1ccc2c(c1)OCO2. The van der Waals surface area contributed by atoms with Gasteiger partial charge in [0.05, 0.1) is 5.69 Å². The lowest BCUT2D eigenvalue weighted by molar-refractivity contribution is 0.174. The van der Waals surface area contributed by atoms with Gasteiger partial charge in [-0.05, 0) is 39.3 Å². The van der Waals surface area contributed by atoms with Crippen LogP contribution >= 0.6 is 0 Å². The van der Waals surface area contributed by atoms with Crippen molar-refractivity contribution >= 4 is 0 Å². The number of aryl methyl sites for hydroxylation is 2. The standard InChI is InChI=1S/C16H19N3O2/c1-11(2)5-4-6-16-17-12(3)18-19(16)13-7-8-14-15(9-13)21-10-20-14/h5,7-9H,4,6,10H2,1-3H3. The van der Waals surface area contributed by atoms with Crippen molar-refractivity contribution in [3.63, 3.8) is 0 Å². The second-order valence-corrected chi connectivity index (χ2v) is 5.34. The molecule has 110 valence electrons. The van der Waals surface area contributed by atoms with E-state index < -0.39 is 0 Å². The van der Waals surface area contributed by atoms with E-state index in [-0.39, 0.29) is 6.79 Å². The lowest BCUT2D eigenvalue weighted by Gasteiger charge is -2.06.